The zero-order chi connectivity index (χ0) is 31.8. The molecule has 3 heterocycles. The zero-order valence-corrected chi connectivity index (χ0v) is 26.3. The normalized spacial score (nSPS) is 12.6. The zero-order valence-electron chi connectivity index (χ0n) is 26.3. The molecule has 0 unspecified atom stereocenters. The molecule has 1 aromatic heterocycles. The van der Waals surface area contributed by atoms with E-state index in [9.17, 15) is 0 Å². The maximum Gasteiger partial charge on any atom is 0.260 e. The van der Waals surface area contributed by atoms with Gasteiger partial charge in [0.15, 0.2) is 0 Å². The smallest absolute Gasteiger partial charge is 0.260 e. The first kappa shape index (κ1) is 27.0. The average Bonchev–Trinajstić information content (AvgIpc) is 3.44. The van der Waals surface area contributed by atoms with Gasteiger partial charge in [0.1, 0.15) is 23.0 Å². The summed E-state index contributed by atoms with van der Waals surface area (Å²) >= 11 is 0. The van der Waals surface area contributed by atoms with Crippen LogP contribution in [0.25, 0.3) is 27.5 Å². The Labute approximate surface area is 279 Å². The van der Waals surface area contributed by atoms with Gasteiger partial charge in [0.2, 0.25) is 0 Å². The van der Waals surface area contributed by atoms with E-state index in [0.29, 0.717) is 0 Å². The van der Waals surface area contributed by atoms with Crippen molar-refractivity contribution in [2.24, 2.45) is 0 Å². The van der Waals surface area contributed by atoms with Gasteiger partial charge in [-0.1, -0.05) is 78.9 Å². The fraction of sp³-hybridized carbons (Fsp3) is 0.0233. The highest BCUT2D eigenvalue weighted by Crippen LogP contribution is 2.42. The van der Waals surface area contributed by atoms with Crippen LogP contribution in [0, 0.1) is 6.92 Å². The molecule has 226 valence electrons. The lowest BCUT2D eigenvalue weighted by atomic mass is 9.35. The molecule has 5 heteroatoms. The van der Waals surface area contributed by atoms with Gasteiger partial charge in [-0.25, -0.2) is 0 Å². The molecular formula is C43H29BN2O2. The molecule has 0 saturated heterocycles. The summed E-state index contributed by atoms with van der Waals surface area (Å²) in [6, 6.07) is 55.9. The molecular weight excluding hydrogens is 587 g/mol. The van der Waals surface area contributed by atoms with Crippen molar-refractivity contribution in [3.63, 3.8) is 0 Å². The van der Waals surface area contributed by atoms with Crippen LogP contribution in [0.4, 0.5) is 17.1 Å². The van der Waals surface area contributed by atoms with Crippen molar-refractivity contribution < 1.29 is 9.47 Å². The van der Waals surface area contributed by atoms with Crippen LogP contribution in [0.2, 0.25) is 0 Å². The van der Waals surface area contributed by atoms with Gasteiger partial charge in [0.25, 0.3) is 6.71 Å². The summed E-state index contributed by atoms with van der Waals surface area (Å²) in [7, 11) is 0. The van der Waals surface area contributed by atoms with Crippen molar-refractivity contribution in [2.75, 3.05) is 4.90 Å². The number of hydrogen-bond acceptors (Lipinski definition) is 3. The van der Waals surface area contributed by atoms with Gasteiger partial charge in [-0.15, -0.1) is 0 Å². The first-order chi connectivity index (χ1) is 23.7. The van der Waals surface area contributed by atoms with Gasteiger partial charge in [-0.2, -0.15) is 0 Å². The predicted molar refractivity (Wildman–Crippen MR) is 198 cm³/mol. The minimum Gasteiger partial charge on any atom is -0.458 e. The average molecular weight is 617 g/mol. The maximum atomic E-state index is 6.72. The summed E-state index contributed by atoms with van der Waals surface area (Å²) in [4.78, 5) is 2.32. The van der Waals surface area contributed by atoms with Crippen LogP contribution >= 0.6 is 0 Å². The number of benzene rings is 7. The van der Waals surface area contributed by atoms with E-state index in [1.165, 1.54) is 10.9 Å². The summed E-state index contributed by atoms with van der Waals surface area (Å²) in [5.74, 6) is 3.51. The van der Waals surface area contributed by atoms with Gasteiger partial charge >= 0.3 is 0 Å². The van der Waals surface area contributed by atoms with Gasteiger partial charge in [0, 0.05) is 39.0 Å². The van der Waals surface area contributed by atoms with Crippen LogP contribution in [0.5, 0.6) is 23.0 Å². The maximum absolute atomic E-state index is 6.72. The van der Waals surface area contributed by atoms with Crippen LogP contribution in [0.3, 0.4) is 0 Å². The molecule has 0 N–H and O–H groups in total. The summed E-state index contributed by atoms with van der Waals surface area (Å²) in [6.45, 7) is 2.11. The highest BCUT2D eigenvalue weighted by molar-refractivity contribution is 6.98. The van der Waals surface area contributed by atoms with E-state index in [0.717, 1.165) is 78.6 Å². The van der Waals surface area contributed by atoms with Crippen LogP contribution in [0.15, 0.2) is 158 Å². The molecule has 0 saturated carbocycles. The second-order valence-electron chi connectivity index (χ2n) is 12.6. The van der Waals surface area contributed by atoms with Gasteiger partial charge in [-0.05, 0) is 102 Å². The molecule has 48 heavy (non-hydrogen) atoms. The fourth-order valence-electron chi connectivity index (χ4n) is 7.63. The largest absolute Gasteiger partial charge is 0.458 e. The highest BCUT2D eigenvalue weighted by atomic mass is 16.5. The van der Waals surface area contributed by atoms with Crippen molar-refractivity contribution in [3.8, 4) is 28.7 Å². The lowest BCUT2D eigenvalue weighted by Gasteiger charge is -2.33. The Morgan fingerprint density at radius 1 is 0.479 bits per heavy atom. The van der Waals surface area contributed by atoms with Gasteiger partial charge in [-0.3, -0.25) is 0 Å². The third-order valence-corrected chi connectivity index (χ3v) is 9.73. The Morgan fingerprint density at radius 2 is 1.10 bits per heavy atom. The molecule has 0 atom stereocenters. The quantitative estimate of drug-likeness (QED) is 0.185. The van der Waals surface area contributed by atoms with Crippen LogP contribution in [-0.2, 0) is 0 Å². The Hall–Kier alpha value is -6.20. The van der Waals surface area contributed by atoms with E-state index in [-0.39, 0.29) is 6.71 Å². The molecule has 7 aromatic carbocycles. The first-order valence-electron chi connectivity index (χ1n) is 16.4. The molecule has 0 radical (unpaired) electrons. The van der Waals surface area contributed by atoms with E-state index < -0.39 is 0 Å². The Balaban J connectivity index is 1.25. The second-order valence-corrected chi connectivity index (χ2v) is 12.6. The predicted octanol–water partition coefficient (Wildman–Crippen LogP) is 9.29. The Bertz CT molecular complexity index is 2490. The molecule has 0 spiro atoms. The van der Waals surface area contributed by atoms with Gasteiger partial charge < -0.3 is 18.9 Å². The lowest BCUT2D eigenvalue weighted by molar-refractivity contribution is 0.464. The second kappa shape index (κ2) is 10.4. The fourth-order valence-corrected chi connectivity index (χ4v) is 7.63. The number of nitrogens with zero attached hydrogens (tertiary/aromatic N) is 2. The molecule has 4 nitrogen and oxygen atoms in total. The van der Waals surface area contributed by atoms with E-state index in [4.69, 9.17) is 9.47 Å². The minimum absolute atomic E-state index is 0.00171. The number of aromatic nitrogens is 1. The summed E-state index contributed by atoms with van der Waals surface area (Å²) < 4.78 is 15.6. The SMILES string of the molecule is Cc1ccc2c(c1)Oc1cccc3c1B2c1cc2c(cc1O3)c1ccc(N(c3ccccc3)c3ccccc3)cc1n2-c1ccccc1. The third kappa shape index (κ3) is 4.04. The number of fused-ring (bicyclic) bond motifs is 7. The van der Waals surface area contributed by atoms with Crippen LogP contribution in [-0.4, -0.2) is 11.3 Å². The summed E-state index contributed by atoms with van der Waals surface area (Å²) in [6.07, 6.45) is 0. The topological polar surface area (TPSA) is 26.6 Å². The molecule has 0 aliphatic carbocycles. The number of rotatable bonds is 4. The van der Waals surface area contributed by atoms with E-state index in [2.05, 4.69) is 168 Å². The number of anilines is 3. The first-order valence-corrected chi connectivity index (χ1v) is 16.4. The summed E-state index contributed by atoms with van der Waals surface area (Å²) in [5.41, 5.74) is 11.3. The monoisotopic (exact) mass is 616 g/mol. The van der Waals surface area contributed by atoms with Crippen molar-refractivity contribution in [2.45, 2.75) is 6.92 Å². The molecule has 0 amide bonds. The molecule has 0 bridgehead atoms. The van der Waals surface area contributed by atoms with Crippen molar-refractivity contribution in [3.05, 3.63) is 163 Å². The Kier molecular flexibility index (Phi) is 5.85. The van der Waals surface area contributed by atoms with E-state index in [1.807, 2.05) is 6.07 Å². The highest BCUT2D eigenvalue weighted by Gasteiger charge is 2.40. The van der Waals surface area contributed by atoms with E-state index >= 15 is 0 Å². The Morgan fingerprint density at radius 3 is 1.79 bits per heavy atom. The summed E-state index contributed by atoms with van der Waals surface area (Å²) in [5, 5.41) is 2.33. The standard InChI is InChI=1S/C43H29BN2O2/c1-28-20-23-35-41(24-28)47-39-18-11-19-40-43(39)44(35)36-27-38-34(26-42(36)48-40)33-22-21-32(25-37(33)46(38)31-16-9-4-10-17-31)45(29-12-5-2-6-13-29)30-14-7-3-8-15-30/h2-27H,1H3. The van der Waals surface area contributed by atoms with Gasteiger partial charge in [0.05, 0.1) is 11.0 Å². The molecule has 0 fully saturated rings. The van der Waals surface area contributed by atoms with Crippen molar-refractivity contribution in [1.82, 2.24) is 4.57 Å². The van der Waals surface area contributed by atoms with Crippen molar-refractivity contribution in [1.29, 1.82) is 0 Å². The molecule has 10 rings (SSSR count). The van der Waals surface area contributed by atoms with Crippen LogP contribution < -0.4 is 30.8 Å². The van der Waals surface area contributed by atoms with Crippen molar-refractivity contribution >= 4 is 62.0 Å². The number of ether oxygens (including phenoxy) is 2. The minimum atomic E-state index is -0.00171. The van der Waals surface area contributed by atoms with E-state index in [1.54, 1.807) is 0 Å². The molecule has 2 aliphatic rings. The molecule has 8 aromatic rings. The van der Waals surface area contributed by atoms with Crippen LogP contribution in [0.1, 0.15) is 5.56 Å². The third-order valence-electron chi connectivity index (χ3n) is 9.73. The molecule has 2 aliphatic heterocycles. The number of para-hydroxylation sites is 3. The number of aryl methyl sites for hydroxylation is 1. The number of hydrogen-bond donors (Lipinski definition) is 0. The lowest BCUT2D eigenvalue weighted by Crippen LogP contribution is -2.57.